The molecule has 0 spiro atoms. The lowest BCUT2D eigenvalue weighted by Gasteiger charge is -2.17. The number of benzene rings is 2. The number of amides is 1. The Bertz CT molecular complexity index is 959. The van der Waals surface area contributed by atoms with Crippen LogP contribution in [0.3, 0.4) is 0 Å². The Hall–Kier alpha value is -2.80. The molecular formula is C20H18F2N2O2S. The average molecular weight is 388 g/mol. The third-order valence-corrected chi connectivity index (χ3v) is 4.96. The van der Waals surface area contributed by atoms with Crippen LogP contribution in [0.25, 0.3) is 10.6 Å². The molecule has 27 heavy (non-hydrogen) atoms. The Morgan fingerprint density at radius 1 is 1.22 bits per heavy atom. The zero-order valence-electron chi connectivity index (χ0n) is 14.9. The van der Waals surface area contributed by atoms with Crippen LogP contribution in [-0.2, 0) is 17.8 Å². The maximum atomic E-state index is 13.8. The molecular weight excluding hydrogens is 370 g/mol. The molecule has 1 heterocycles. The van der Waals surface area contributed by atoms with Gasteiger partial charge in [0.25, 0.3) is 0 Å². The summed E-state index contributed by atoms with van der Waals surface area (Å²) in [6, 6.07) is 10.8. The second kappa shape index (κ2) is 8.26. The van der Waals surface area contributed by atoms with Crippen LogP contribution >= 0.6 is 11.3 Å². The zero-order valence-corrected chi connectivity index (χ0v) is 15.7. The van der Waals surface area contributed by atoms with Crippen LogP contribution in [-0.4, -0.2) is 29.9 Å². The number of aromatic nitrogens is 1. The predicted octanol–water partition coefficient (Wildman–Crippen LogP) is 4.30. The summed E-state index contributed by atoms with van der Waals surface area (Å²) in [4.78, 5) is 18.4. The number of carbonyl (C=O) groups is 1. The van der Waals surface area contributed by atoms with Gasteiger partial charge in [-0.1, -0.05) is 18.2 Å². The molecule has 0 aliphatic carbocycles. The lowest BCUT2D eigenvalue weighted by molar-refractivity contribution is -0.129. The van der Waals surface area contributed by atoms with Crippen molar-refractivity contribution in [1.29, 1.82) is 0 Å². The van der Waals surface area contributed by atoms with Gasteiger partial charge in [-0.2, -0.15) is 0 Å². The van der Waals surface area contributed by atoms with Crippen LogP contribution in [0.1, 0.15) is 11.3 Å². The Morgan fingerprint density at radius 2 is 2.04 bits per heavy atom. The van der Waals surface area contributed by atoms with Crippen molar-refractivity contribution < 1.29 is 18.3 Å². The molecule has 3 rings (SSSR count). The van der Waals surface area contributed by atoms with E-state index in [1.165, 1.54) is 47.6 Å². The molecule has 140 valence electrons. The number of carbonyl (C=O) groups excluding carboxylic acids is 1. The van der Waals surface area contributed by atoms with E-state index in [0.717, 1.165) is 0 Å². The third-order valence-electron chi connectivity index (χ3n) is 4.02. The normalized spacial score (nSPS) is 10.7. The molecule has 4 nitrogen and oxygen atoms in total. The molecule has 2 aromatic carbocycles. The van der Waals surface area contributed by atoms with Gasteiger partial charge in [0.15, 0.2) is 11.6 Å². The van der Waals surface area contributed by atoms with E-state index in [4.69, 9.17) is 4.74 Å². The summed E-state index contributed by atoms with van der Waals surface area (Å²) < 4.78 is 32.0. The van der Waals surface area contributed by atoms with Gasteiger partial charge in [-0.25, -0.2) is 13.8 Å². The van der Waals surface area contributed by atoms with Crippen molar-refractivity contribution in [1.82, 2.24) is 9.88 Å². The summed E-state index contributed by atoms with van der Waals surface area (Å²) in [6.07, 6.45) is 0.126. The molecule has 1 amide bonds. The fourth-order valence-corrected chi connectivity index (χ4v) is 3.42. The van der Waals surface area contributed by atoms with Crippen molar-refractivity contribution in [3.8, 4) is 16.3 Å². The number of thiazole rings is 1. The van der Waals surface area contributed by atoms with E-state index in [0.29, 0.717) is 21.8 Å². The fourth-order valence-electron chi connectivity index (χ4n) is 2.60. The largest absolute Gasteiger partial charge is 0.494 e. The van der Waals surface area contributed by atoms with Crippen LogP contribution in [0.5, 0.6) is 5.75 Å². The lowest BCUT2D eigenvalue weighted by atomic mass is 10.2. The van der Waals surface area contributed by atoms with Crippen molar-refractivity contribution in [3.05, 3.63) is 70.7 Å². The molecule has 0 bridgehead atoms. The molecule has 0 saturated heterocycles. The van der Waals surface area contributed by atoms with Crippen molar-refractivity contribution in [3.63, 3.8) is 0 Å². The summed E-state index contributed by atoms with van der Waals surface area (Å²) >= 11 is 1.36. The van der Waals surface area contributed by atoms with Crippen molar-refractivity contribution >= 4 is 17.2 Å². The monoisotopic (exact) mass is 388 g/mol. The molecule has 3 aromatic rings. The molecule has 0 aliphatic rings. The molecule has 0 unspecified atom stereocenters. The highest BCUT2D eigenvalue weighted by Crippen LogP contribution is 2.25. The first-order valence-corrected chi connectivity index (χ1v) is 9.11. The molecule has 0 fully saturated rings. The van der Waals surface area contributed by atoms with E-state index >= 15 is 0 Å². The van der Waals surface area contributed by atoms with Gasteiger partial charge in [0, 0.05) is 24.5 Å². The van der Waals surface area contributed by atoms with E-state index in [-0.39, 0.29) is 30.4 Å². The van der Waals surface area contributed by atoms with Gasteiger partial charge in [-0.3, -0.25) is 4.79 Å². The van der Waals surface area contributed by atoms with Crippen molar-refractivity contribution in [2.75, 3.05) is 14.2 Å². The first-order chi connectivity index (χ1) is 13.0. The second-order valence-electron chi connectivity index (χ2n) is 6.05. The van der Waals surface area contributed by atoms with Gasteiger partial charge in [0.2, 0.25) is 5.91 Å². The maximum absolute atomic E-state index is 13.8. The van der Waals surface area contributed by atoms with E-state index in [9.17, 15) is 13.6 Å². The topological polar surface area (TPSA) is 42.4 Å². The molecule has 0 saturated carbocycles. The minimum Gasteiger partial charge on any atom is -0.494 e. The third kappa shape index (κ3) is 4.68. The molecule has 1 aromatic heterocycles. The van der Waals surface area contributed by atoms with Gasteiger partial charge >= 0.3 is 0 Å². The van der Waals surface area contributed by atoms with Gasteiger partial charge in [-0.15, -0.1) is 11.3 Å². The Labute approximate surface area is 160 Å². The number of hydrogen-bond donors (Lipinski definition) is 0. The number of nitrogens with zero attached hydrogens (tertiary/aromatic N) is 2. The Kier molecular flexibility index (Phi) is 5.81. The number of methoxy groups -OCH3 is 1. The minimum atomic E-state index is -0.463. The van der Waals surface area contributed by atoms with E-state index in [2.05, 4.69) is 4.98 Å². The van der Waals surface area contributed by atoms with Crippen LogP contribution in [0, 0.1) is 11.6 Å². The van der Waals surface area contributed by atoms with Gasteiger partial charge in [0.1, 0.15) is 10.8 Å². The first-order valence-electron chi connectivity index (χ1n) is 8.23. The number of hydrogen-bond acceptors (Lipinski definition) is 4. The van der Waals surface area contributed by atoms with Crippen LogP contribution in [0.4, 0.5) is 8.78 Å². The lowest BCUT2D eigenvalue weighted by Crippen LogP contribution is -2.27. The van der Waals surface area contributed by atoms with Gasteiger partial charge < -0.3 is 9.64 Å². The zero-order chi connectivity index (χ0) is 19.4. The summed E-state index contributed by atoms with van der Waals surface area (Å²) in [6.45, 7) is 0.278. The molecule has 0 atom stereocenters. The first kappa shape index (κ1) is 19.0. The summed E-state index contributed by atoms with van der Waals surface area (Å²) in [5, 5.41) is 2.45. The number of rotatable bonds is 6. The molecule has 7 heteroatoms. The Morgan fingerprint density at radius 3 is 2.74 bits per heavy atom. The van der Waals surface area contributed by atoms with Crippen molar-refractivity contribution in [2.45, 2.75) is 13.0 Å². The number of halogens is 2. The highest BCUT2D eigenvalue weighted by Gasteiger charge is 2.14. The highest BCUT2D eigenvalue weighted by molar-refractivity contribution is 7.13. The Balaban J connectivity index is 1.64. The van der Waals surface area contributed by atoms with E-state index < -0.39 is 5.82 Å². The minimum absolute atomic E-state index is 0.126. The van der Waals surface area contributed by atoms with Crippen molar-refractivity contribution in [2.24, 2.45) is 0 Å². The van der Waals surface area contributed by atoms with Crippen LogP contribution in [0.15, 0.2) is 47.8 Å². The summed E-state index contributed by atoms with van der Waals surface area (Å²) in [5.41, 5.74) is 1.97. The SMILES string of the molecule is COc1ccc(CN(C)C(=O)Cc2csc(-c3cccc(F)c3)n2)cc1F. The second-order valence-corrected chi connectivity index (χ2v) is 6.91. The number of ether oxygens (including phenoxy) is 1. The molecule has 0 aliphatic heterocycles. The standard InChI is InChI=1S/C20H18F2N2O2S/c1-24(11-13-6-7-18(26-2)17(22)8-13)19(25)10-16-12-27-20(23-16)14-4-3-5-15(21)9-14/h3-9,12H,10-11H2,1-2H3. The molecule has 0 radical (unpaired) electrons. The smallest absolute Gasteiger partial charge is 0.228 e. The summed E-state index contributed by atoms with van der Waals surface area (Å²) in [5.74, 6) is -0.760. The fraction of sp³-hybridized carbons (Fsp3) is 0.200. The average Bonchev–Trinajstić information content (AvgIpc) is 3.10. The van der Waals surface area contributed by atoms with Gasteiger partial charge in [-0.05, 0) is 29.8 Å². The maximum Gasteiger partial charge on any atom is 0.228 e. The number of likely N-dealkylation sites (N-methyl/N-ethyl adjacent to an activating group) is 1. The predicted molar refractivity (Wildman–Crippen MR) is 101 cm³/mol. The van der Waals surface area contributed by atoms with E-state index in [1.54, 1.807) is 30.6 Å². The quantitative estimate of drug-likeness (QED) is 0.632. The highest BCUT2D eigenvalue weighted by atomic mass is 32.1. The van der Waals surface area contributed by atoms with Gasteiger partial charge in [0.05, 0.1) is 19.2 Å². The van der Waals surface area contributed by atoms with Crippen LogP contribution < -0.4 is 4.74 Å². The van der Waals surface area contributed by atoms with E-state index in [1.807, 2.05) is 0 Å². The summed E-state index contributed by atoms with van der Waals surface area (Å²) in [7, 11) is 3.06. The molecule has 0 N–H and O–H groups in total. The van der Waals surface area contributed by atoms with Crippen LogP contribution in [0.2, 0.25) is 0 Å².